The number of hydrogen-bond donors (Lipinski definition) is 0. The minimum Gasteiger partial charge on any atom is -0.493 e. The highest BCUT2D eigenvalue weighted by atomic mass is 16.5. The molecule has 3 aromatic carbocycles. The van der Waals surface area contributed by atoms with Gasteiger partial charge in [-0.3, -0.25) is 4.79 Å². The van der Waals surface area contributed by atoms with Gasteiger partial charge in [-0.15, -0.1) is 0 Å². The first-order valence-electron chi connectivity index (χ1n) is 7.65. The quantitative estimate of drug-likeness (QED) is 0.645. The summed E-state index contributed by atoms with van der Waals surface area (Å²) in [4.78, 5) is 12.4. The summed E-state index contributed by atoms with van der Waals surface area (Å²) >= 11 is 0. The standard InChI is InChI=1S/C21H18O3/c1-23-19-13-12-18(14-20(19)24-2)15-8-10-17(11-9-15)21(22)16-6-4-3-5-7-16/h3-14H,1-2H3. The Balaban J connectivity index is 1.88. The average molecular weight is 318 g/mol. The van der Waals surface area contributed by atoms with Crippen LogP contribution >= 0.6 is 0 Å². The van der Waals surface area contributed by atoms with Gasteiger partial charge >= 0.3 is 0 Å². The minimum atomic E-state index is 0.0226. The number of ether oxygens (including phenoxy) is 2. The zero-order chi connectivity index (χ0) is 16.9. The van der Waals surface area contributed by atoms with Crippen LogP contribution in [0.25, 0.3) is 11.1 Å². The molecule has 3 rings (SSSR count). The molecule has 0 heterocycles. The zero-order valence-corrected chi connectivity index (χ0v) is 13.7. The van der Waals surface area contributed by atoms with E-state index >= 15 is 0 Å². The van der Waals surface area contributed by atoms with Crippen LogP contribution in [0.15, 0.2) is 72.8 Å². The molecule has 0 fully saturated rings. The van der Waals surface area contributed by atoms with Gasteiger partial charge in [0.25, 0.3) is 0 Å². The van der Waals surface area contributed by atoms with Crippen LogP contribution in [0, 0.1) is 0 Å². The van der Waals surface area contributed by atoms with Crippen LogP contribution in [-0.2, 0) is 0 Å². The van der Waals surface area contributed by atoms with Gasteiger partial charge in [0.2, 0.25) is 0 Å². The van der Waals surface area contributed by atoms with E-state index in [2.05, 4.69) is 0 Å². The fourth-order valence-electron chi connectivity index (χ4n) is 2.59. The van der Waals surface area contributed by atoms with E-state index in [0.29, 0.717) is 22.6 Å². The Morgan fingerprint density at radius 1 is 0.667 bits per heavy atom. The lowest BCUT2D eigenvalue weighted by atomic mass is 9.99. The molecule has 24 heavy (non-hydrogen) atoms. The van der Waals surface area contributed by atoms with Gasteiger partial charge < -0.3 is 9.47 Å². The maximum absolute atomic E-state index is 12.4. The first-order valence-corrected chi connectivity index (χ1v) is 7.65. The molecule has 0 aliphatic rings. The average Bonchev–Trinajstić information content (AvgIpc) is 2.67. The van der Waals surface area contributed by atoms with Gasteiger partial charge in [0.1, 0.15) is 0 Å². The summed E-state index contributed by atoms with van der Waals surface area (Å²) in [6.07, 6.45) is 0. The van der Waals surface area contributed by atoms with Crippen molar-refractivity contribution in [1.29, 1.82) is 0 Å². The highest BCUT2D eigenvalue weighted by Gasteiger charge is 2.10. The summed E-state index contributed by atoms with van der Waals surface area (Å²) in [6.45, 7) is 0. The number of ketones is 1. The van der Waals surface area contributed by atoms with Crippen molar-refractivity contribution in [2.75, 3.05) is 14.2 Å². The van der Waals surface area contributed by atoms with Crippen molar-refractivity contribution >= 4 is 5.78 Å². The number of benzene rings is 3. The third-order valence-corrected chi connectivity index (χ3v) is 3.90. The molecule has 0 saturated heterocycles. The van der Waals surface area contributed by atoms with Crippen molar-refractivity contribution < 1.29 is 14.3 Å². The van der Waals surface area contributed by atoms with Crippen molar-refractivity contribution in [3.8, 4) is 22.6 Å². The summed E-state index contributed by atoms with van der Waals surface area (Å²) in [7, 11) is 3.23. The zero-order valence-electron chi connectivity index (χ0n) is 13.7. The molecule has 0 saturated carbocycles. The van der Waals surface area contributed by atoms with Crippen LogP contribution in [0.3, 0.4) is 0 Å². The second-order valence-corrected chi connectivity index (χ2v) is 5.34. The Labute approximate surface area is 141 Å². The Morgan fingerprint density at radius 2 is 1.25 bits per heavy atom. The van der Waals surface area contributed by atoms with Crippen LogP contribution in [0.2, 0.25) is 0 Å². The fraction of sp³-hybridized carbons (Fsp3) is 0.0952. The van der Waals surface area contributed by atoms with Gasteiger partial charge in [0.15, 0.2) is 17.3 Å². The first kappa shape index (κ1) is 15.8. The molecule has 3 nitrogen and oxygen atoms in total. The third-order valence-electron chi connectivity index (χ3n) is 3.90. The van der Waals surface area contributed by atoms with E-state index in [-0.39, 0.29) is 5.78 Å². The van der Waals surface area contributed by atoms with Gasteiger partial charge in [-0.05, 0) is 23.3 Å². The monoisotopic (exact) mass is 318 g/mol. The summed E-state index contributed by atoms with van der Waals surface area (Å²) < 4.78 is 10.6. The molecular weight excluding hydrogens is 300 g/mol. The predicted molar refractivity (Wildman–Crippen MR) is 94.9 cm³/mol. The molecule has 3 aromatic rings. The van der Waals surface area contributed by atoms with E-state index in [1.54, 1.807) is 14.2 Å². The molecule has 0 bridgehead atoms. The molecule has 0 atom stereocenters. The van der Waals surface area contributed by atoms with Crippen LogP contribution < -0.4 is 9.47 Å². The third kappa shape index (κ3) is 3.15. The number of carbonyl (C=O) groups is 1. The van der Waals surface area contributed by atoms with Gasteiger partial charge in [-0.2, -0.15) is 0 Å². The maximum Gasteiger partial charge on any atom is 0.193 e. The second kappa shape index (κ2) is 7.01. The molecule has 0 aliphatic carbocycles. The molecule has 120 valence electrons. The summed E-state index contributed by atoms with van der Waals surface area (Å²) in [6, 6.07) is 22.6. The molecule has 3 heteroatoms. The van der Waals surface area contributed by atoms with E-state index < -0.39 is 0 Å². The van der Waals surface area contributed by atoms with Crippen molar-refractivity contribution in [2.45, 2.75) is 0 Å². The molecule has 0 unspecified atom stereocenters. The molecule has 0 aromatic heterocycles. The van der Waals surface area contributed by atoms with E-state index in [1.165, 1.54) is 0 Å². The van der Waals surface area contributed by atoms with E-state index in [1.807, 2.05) is 72.8 Å². The summed E-state index contributed by atoms with van der Waals surface area (Å²) in [5.41, 5.74) is 3.38. The Morgan fingerprint density at radius 3 is 1.88 bits per heavy atom. The lowest BCUT2D eigenvalue weighted by molar-refractivity contribution is 0.103. The molecule has 0 spiro atoms. The second-order valence-electron chi connectivity index (χ2n) is 5.34. The SMILES string of the molecule is COc1ccc(-c2ccc(C(=O)c3ccccc3)cc2)cc1OC. The van der Waals surface area contributed by atoms with Gasteiger partial charge in [0, 0.05) is 11.1 Å². The van der Waals surface area contributed by atoms with Crippen molar-refractivity contribution in [2.24, 2.45) is 0 Å². The summed E-state index contributed by atoms with van der Waals surface area (Å²) in [5.74, 6) is 1.39. The normalized spacial score (nSPS) is 10.2. The van der Waals surface area contributed by atoms with Crippen LogP contribution in [-0.4, -0.2) is 20.0 Å². The van der Waals surface area contributed by atoms with E-state index in [0.717, 1.165) is 11.1 Å². The topological polar surface area (TPSA) is 35.5 Å². The van der Waals surface area contributed by atoms with Gasteiger partial charge in [-0.25, -0.2) is 0 Å². The van der Waals surface area contributed by atoms with Gasteiger partial charge in [0.05, 0.1) is 14.2 Å². The number of carbonyl (C=O) groups excluding carboxylic acids is 1. The Bertz CT molecular complexity index is 837. The molecular formula is C21H18O3. The smallest absolute Gasteiger partial charge is 0.193 e. The van der Waals surface area contributed by atoms with Crippen LogP contribution in [0.5, 0.6) is 11.5 Å². The fourth-order valence-corrected chi connectivity index (χ4v) is 2.59. The van der Waals surface area contributed by atoms with Crippen LogP contribution in [0.1, 0.15) is 15.9 Å². The van der Waals surface area contributed by atoms with Crippen molar-refractivity contribution in [1.82, 2.24) is 0 Å². The largest absolute Gasteiger partial charge is 0.493 e. The van der Waals surface area contributed by atoms with Crippen molar-refractivity contribution in [3.63, 3.8) is 0 Å². The Kier molecular flexibility index (Phi) is 4.62. The summed E-state index contributed by atoms with van der Waals surface area (Å²) in [5, 5.41) is 0. The maximum atomic E-state index is 12.4. The van der Waals surface area contributed by atoms with Gasteiger partial charge in [-0.1, -0.05) is 60.7 Å². The lowest BCUT2D eigenvalue weighted by Gasteiger charge is -2.10. The Hall–Kier alpha value is -3.07. The highest BCUT2D eigenvalue weighted by Crippen LogP contribution is 2.32. The van der Waals surface area contributed by atoms with E-state index in [4.69, 9.17) is 9.47 Å². The molecule has 0 amide bonds. The number of rotatable bonds is 5. The first-order chi connectivity index (χ1) is 11.7. The van der Waals surface area contributed by atoms with Crippen molar-refractivity contribution in [3.05, 3.63) is 83.9 Å². The molecule has 0 radical (unpaired) electrons. The predicted octanol–water partition coefficient (Wildman–Crippen LogP) is 4.60. The lowest BCUT2D eigenvalue weighted by Crippen LogP contribution is -2.00. The van der Waals surface area contributed by atoms with Crippen LogP contribution in [0.4, 0.5) is 0 Å². The number of hydrogen-bond acceptors (Lipinski definition) is 3. The number of methoxy groups -OCH3 is 2. The minimum absolute atomic E-state index is 0.0226. The highest BCUT2D eigenvalue weighted by molar-refractivity contribution is 6.09. The van der Waals surface area contributed by atoms with E-state index in [9.17, 15) is 4.79 Å². The molecule has 0 aliphatic heterocycles. The molecule has 0 N–H and O–H groups in total.